The van der Waals surface area contributed by atoms with Crippen molar-refractivity contribution in [1.82, 2.24) is 0 Å². The first kappa shape index (κ1) is 49.2. The SMILES string of the molecule is CCCCCCCC/C=C\CCCCCCCC(=O)OC(COCCCCCCCCCCCCCCCC)COP(=O)(O)OCC(O)CO. The standard InChI is InChI=1S/C40H79O9P/c1-3-5-7-9-11-13-15-17-19-20-22-24-26-28-30-32-40(43)49-39(37-48-50(44,45)47-35-38(42)34-41)36-46-33-31-29-27-25-23-21-18-16-14-12-10-8-6-4-2/h17,19,38-39,41-42H,3-16,18,20-37H2,1-2H3,(H,44,45)/b19-17-. The van der Waals surface area contributed by atoms with Crippen LogP contribution in [-0.2, 0) is 27.9 Å². The molecule has 0 aliphatic heterocycles. The molecule has 9 nitrogen and oxygen atoms in total. The van der Waals surface area contributed by atoms with Crippen LogP contribution in [0.1, 0.15) is 194 Å². The number of aliphatic hydroxyl groups excluding tert-OH is 2. The van der Waals surface area contributed by atoms with Gasteiger partial charge in [0.15, 0.2) is 0 Å². The normalized spacial score (nSPS) is 14.3. The largest absolute Gasteiger partial charge is 0.472 e. The second-order valence-electron chi connectivity index (χ2n) is 14.0. The number of phosphoric acid groups is 1. The number of rotatable bonds is 40. The number of hydrogen-bond donors (Lipinski definition) is 3. The molecule has 0 fully saturated rings. The number of allylic oxidation sites excluding steroid dienone is 2. The molecule has 3 N–H and O–H groups in total. The van der Waals surface area contributed by atoms with E-state index in [1.165, 1.54) is 122 Å². The summed E-state index contributed by atoms with van der Waals surface area (Å²) in [5.41, 5.74) is 0. The van der Waals surface area contributed by atoms with Crippen molar-refractivity contribution in [3.05, 3.63) is 12.2 Å². The molecule has 0 bridgehead atoms. The van der Waals surface area contributed by atoms with Crippen LogP contribution in [0, 0.1) is 0 Å². The van der Waals surface area contributed by atoms with Crippen molar-refractivity contribution in [2.24, 2.45) is 0 Å². The number of hydrogen-bond acceptors (Lipinski definition) is 8. The molecule has 3 atom stereocenters. The highest BCUT2D eigenvalue weighted by molar-refractivity contribution is 7.47. The van der Waals surface area contributed by atoms with Gasteiger partial charge in [-0.2, -0.15) is 0 Å². The summed E-state index contributed by atoms with van der Waals surface area (Å²) in [4.78, 5) is 22.5. The summed E-state index contributed by atoms with van der Waals surface area (Å²) in [5.74, 6) is -0.388. The van der Waals surface area contributed by atoms with E-state index < -0.39 is 33.2 Å². The van der Waals surface area contributed by atoms with Crippen molar-refractivity contribution in [2.45, 2.75) is 206 Å². The van der Waals surface area contributed by atoms with Crippen molar-refractivity contribution < 1.29 is 43.0 Å². The van der Waals surface area contributed by atoms with Gasteiger partial charge < -0.3 is 24.6 Å². The van der Waals surface area contributed by atoms with Crippen LogP contribution >= 0.6 is 7.82 Å². The number of phosphoric ester groups is 1. The van der Waals surface area contributed by atoms with Gasteiger partial charge >= 0.3 is 13.8 Å². The number of ether oxygens (including phenoxy) is 2. The van der Waals surface area contributed by atoms with E-state index in [-0.39, 0.29) is 25.6 Å². The van der Waals surface area contributed by atoms with E-state index in [0.29, 0.717) is 6.61 Å². The molecule has 0 aromatic carbocycles. The Bertz CT molecular complexity index is 795. The van der Waals surface area contributed by atoms with Gasteiger partial charge in [0.2, 0.25) is 0 Å². The Morgan fingerprint density at radius 1 is 0.600 bits per heavy atom. The highest BCUT2D eigenvalue weighted by atomic mass is 31.2. The predicted molar refractivity (Wildman–Crippen MR) is 205 cm³/mol. The zero-order valence-corrected chi connectivity index (χ0v) is 33.3. The van der Waals surface area contributed by atoms with E-state index in [0.717, 1.165) is 51.4 Å². The van der Waals surface area contributed by atoms with Crippen LogP contribution in [0.15, 0.2) is 12.2 Å². The third-order valence-electron chi connectivity index (χ3n) is 8.95. The van der Waals surface area contributed by atoms with Crippen molar-refractivity contribution in [3.63, 3.8) is 0 Å². The summed E-state index contributed by atoms with van der Waals surface area (Å²) in [6.07, 6.45) is 35.9. The second kappa shape index (κ2) is 37.9. The summed E-state index contributed by atoms with van der Waals surface area (Å²) in [6, 6.07) is 0. The maximum Gasteiger partial charge on any atom is 0.472 e. The van der Waals surface area contributed by atoms with E-state index >= 15 is 0 Å². The van der Waals surface area contributed by atoms with Crippen LogP contribution in [0.2, 0.25) is 0 Å². The Morgan fingerprint density at radius 2 is 1.02 bits per heavy atom. The first-order valence-electron chi connectivity index (χ1n) is 20.7. The third-order valence-corrected chi connectivity index (χ3v) is 9.90. The molecule has 3 unspecified atom stereocenters. The minimum atomic E-state index is -4.51. The van der Waals surface area contributed by atoms with E-state index in [1.807, 2.05) is 0 Å². The molecule has 0 aliphatic rings. The lowest BCUT2D eigenvalue weighted by molar-refractivity contribution is -0.154. The van der Waals surface area contributed by atoms with Gasteiger partial charge in [-0.3, -0.25) is 13.8 Å². The fraction of sp³-hybridized carbons (Fsp3) is 0.925. The topological polar surface area (TPSA) is 132 Å². The smallest absolute Gasteiger partial charge is 0.457 e. The van der Waals surface area contributed by atoms with Crippen LogP contribution in [0.4, 0.5) is 0 Å². The van der Waals surface area contributed by atoms with Gasteiger partial charge in [0, 0.05) is 13.0 Å². The summed E-state index contributed by atoms with van der Waals surface area (Å²) < 4.78 is 33.3. The van der Waals surface area contributed by atoms with Crippen molar-refractivity contribution in [2.75, 3.05) is 33.0 Å². The molecule has 0 rings (SSSR count). The van der Waals surface area contributed by atoms with Gasteiger partial charge in [-0.1, -0.05) is 161 Å². The second-order valence-corrected chi connectivity index (χ2v) is 15.5. The number of esters is 1. The zero-order valence-electron chi connectivity index (χ0n) is 32.4. The number of carbonyl (C=O) groups excluding carboxylic acids is 1. The molecule has 0 amide bonds. The van der Waals surface area contributed by atoms with Gasteiger partial charge in [0.05, 0.1) is 26.4 Å². The highest BCUT2D eigenvalue weighted by Gasteiger charge is 2.26. The molecule has 0 aromatic heterocycles. The van der Waals surface area contributed by atoms with E-state index in [2.05, 4.69) is 26.0 Å². The molecule has 50 heavy (non-hydrogen) atoms. The molecule has 0 saturated carbocycles. The maximum atomic E-state index is 12.6. The molecule has 0 spiro atoms. The molecule has 10 heteroatoms. The quantitative estimate of drug-likeness (QED) is 0.0243. The molecular formula is C40H79O9P. The number of carbonyl (C=O) groups is 1. The van der Waals surface area contributed by atoms with Gasteiger partial charge in [-0.05, 0) is 38.5 Å². The Kier molecular flexibility index (Phi) is 37.3. The fourth-order valence-electron chi connectivity index (χ4n) is 5.76. The number of aliphatic hydroxyl groups is 2. The Morgan fingerprint density at radius 3 is 1.50 bits per heavy atom. The zero-order chi connectivity index (χ0) is 36.8. The van der Waals surface area contributed by atoms with Crippen LogP contribution in [-0.4, -0.2) is 66.3 Å². The molecule has 0 aromatic rings. The molecule has 0 heterocycles. The predicted octanol–water partition coefficient (Wildman–Crippen LogP) is 10.9. The summed E-state index contributed by atoms with van der Waals surface area (Å²) >= 11 is 0. The molecule has 0 saturated heterocycles. The Balaban J connectivity index is 4.19. The first-order chi connectivity index (χ1) is 24.3. The highest BCUT2D eigenvalue weighted by Crippen LogP contribution is 2.43. The summed E-state index contributed by atoms with van der Waals surface area (Å²) in [6.45, 7) is 3.53. The monoisotopic (exact) mass is 735 g/mol. The minimum absolute atomic E-state index is 0.0514. The fourth-order valence-corrected chi connectivity index (χ4v) is 6.55. The number of unbranched alkanes of at least 4 members (excludes halogenated alkanes) is 24. The van der Waals surface area contributed by atoms with E-state index in [4.69, 9.17) is 23.6 Å². The lowest BCUT2D eigenvalue weighted by atomic mass is 10.0. The average molecular weight is 735 g/mol. The van der Waals surface area contributed by atoms with Crippen molar-refractivity contribution >= 4 is 13.8 Å². The molecule has 0 aliphatic carbocycles. The van der Waals surface area contributed by atoms with Crippen LogP contribution in [0.25, 0.3) is 0 Å². The van der Waals surface area contributed by atoms with Crippen LogP contribution < -0.4 is 0 Å². The van der Waals surface area contributed by atoms with Gasteiger partial charge in [0.25, 0.3) is 0 Å². The Hall–Kier alpha value is -0.800. The minimum Gasteiger partial charge on any atom is -0.457 e. The summed E-state index contributed by atoms with van der Waals surface area (Å²) in [5, 5.41) is 18.3. The summed E-state index contributed by atoms with van der Waals surface area (Å²) in [7, 11) is -4.51. The molecule has 298 valence electrons. The molecule has 0 radical (unpaired) electrons. The average Bonchev–Trinajstić information content (AvgIpc) is 3.10. The first-order valence-corrected chi connectivity index (χ1v) is 22.2. The van der Waals surface area contributed by atoms with E-state index in [9.17, 15) is 19.4 Å². The lowest BCUT2D eigenvalue weighted by Crippen LogP contribution is -2.29. The van der Waals surface area contributed by atoms with Gasteiger partial charge in [0.1, 0.15) is 12.2 Å². The Labute approximate surface area is 307 Å². The molecular weight excluding hydrogens is 655 g/mol. The van der Waals surface area contributed by atoms with Gasteiger partial charge in [-0.15, -0.1) is 0 Å². The third kappa shape index (κ3) is 37.0. The van der Waals surface area contributed by atoms with Crippen LogP contribution in [0.5, 0.6) is 0 Å². The van der Waals surface area contributed by atoms with Crippen molar-refractivity contribution in [1.29, 1.82) is 0 Å². The van der Waals surface area contributed by atoms with Crippen molar-refractivity contribution in [3.8, 4) is 0 Å². The maximum absolute atomic E-state index is 12.6. The lowest BCUT2D eigenvalue weighted by Gasteiger charge is -2.20. The van der Waals surface area contributed by atoms with E-state index in [1.54, 1.807) is 0 Å². The van der Waals surface area contributed by atoms with Gasteiger partial charge in [-0.25, -0.2) is 4.57 Å². The van der Waals surface area contributed by atoms with Crippen LogP contribution in [0.3, 0.4) is 0 Å².